The van der Waals surface area contributed by atoms with Gasteiger partial charge in [-0.2, -0.15) is 0 Å². The fourth-order valence-corrected chi connectivity index (χ4v) is 12.9. The van der Waals surface area contributed by atoms with Gasteiger partial charge in [0, 0.05) is 47.0 Å². The number of halogens is 2. The van der Waals surface area contributed by atoms with E-state index >= 15 is 0 Å². The zero-order valence-electron chi connectivity index (χ0n) is 33.5. The summed E-state index contributed by atoms with van der Waals surface area (Å²) < 4.78 is 34.9. The molecule has 10 rings (SSSR count). The van der Waals surface area contributed by atoms with E-state index in [0.29, 0.717) is 51.0 Å². The Hall–Kier alpha value is -4.05. The van der Waals surface area contributed by atoms with Crippen LogP contribution in [-0.2, 0) is 17.9 Å². The van der Waals surface area contributed by atoms with Crippen molar-refractivity contribution in [3.05, 3.63) is 143 Å². The van der Waals surface area contributed by atoms with Gasteiger partial charge in [0.15, 0.2) is 17.4 Å². The van der Waals surface area contributed by atoms with Crippen LogP contribution in [0.3, 0.4) is 0 Å². The summed E-state index contributed by atoms with van der Waals surface area (Å²) in [6.07, 6.45) is 9.98. The van der Waals surface area contributed by atoms with E-state index in [1.54, 1.807) is 0 Å². The molecule has 3 N–H and O–H groups in total. The average Bonchev–Trinajstić information content (AvgIpc) is 3.48. The van der Waals surface area contributed by atoms with E-state index in [-0.39, 0.29) is 41.7 Å². The molecule has 4 aromatic carbocycles. The standard InChI is InChI=1S/C50H55F2NO5/c1-46-20-17-37(54)26-48(46)23-24-50(40(27-48)45(56)35-15-16-41(51)42(52)25-35)43(46)18-21-47(2)44(50)19-22-49(47,57)32-53(28-36-13-8-12-34-11-6-7-14-39(34)36)29-38(55)31-58-30-33-9-4-3-5-10-33/h3-16,23-25,27,37-38,43-44,54-55,57H,17-22,26,28-32H2,1-2H3/t37?,38-,43-,44-,46-,47+,48+,49-,50-/m1/s1. The Morgan fingerprint density at radius 2 is 1.59 bits per heavy atom. The first kappa shape index (κ1) is 39.4. The monoisotopic (exact) mass is 787 g/mol. The number of benzene rings is 4. The molecule has 2 spiro atoms. The highest BCUT2D eigenvalue weighted by molar-refractivity contribution is 6.10. The molecule has 0 amide bonds. The second-order valence-corrected chi connectivity index (χ2v) is 18.7. The number of nitrogens with zero attached hydrogens (tertiary/aromatic N) is 1. The van der Waals surface area contributed by atoms with Crippen LogP contribution in [0.4, 0.5) is 8.78 Å². The molecule has 0 heterocycles. The predicted molar refractivity (Wildman–Crippen MR) is 221 cm³/mol. The third-order valence-corrected chi connectivity index (χ3v) is 15.8. The highest BCUT2D eigenvalue weighted by Crippen LogP contribution is 2.78. The number of hydrogen-bond donors (Lipinski definition) is 3. The second kappa shape index (κ2) is 14.6. The molecule has 0 radical (unpaired) electrons. The number of aliphatic hydroxyl groups is 3. The summed E-state index contributed by atoms with van der Waals surface area (Å²) >= 11 is 0. The Kier molecular flexibility index (Phi) is 9.92. The van der Waals surface area contributed by atoms with Gasteiger partial charge < -0.3 is 20.1 Å². The van der Waals surface area contributed by atoms with Crippen molar-refractivity contribution in [3.63, 3.8) is 0 Å². The number of carbonyl (C=O) groups excluding carboxylic acids is 1. The van der Waals surface area contributed by atoms with Gasteiger partial charge in [-0.3, -0.25) is 9.69 Å². The molecule has 0 aliphatic heterocycles. The molecule has 2 bridgehead atoms. The van der Waals surface area contributed by atoms with E-state index in [2.05, 4.69) is 67.3 Å². The summed E-state index contributed by atoms with van der Waals surface area (Å²) in [5.74, 6) is -2.44. The first-order valence-corrected chi connectivity index (χ1v) is 21.1. The lowest BCUT2D eigenvalue weighted by Crippen LogP contribution is -2.67. The Morgan fingerprint density at radius 1 is 0.862 bits per heavy atom. The highest BCUT2D eigenvalue weighted by Gasteiger charge is 2.74. The molecule has 9 atom stereocenters. The summed E-state index contributed by atoms with van der Waals surface area (Å²) in [6, 6.07) is 27.8. The molecule has 4 aromatic rings. The van der Waals surface area contributed by atoms with Crippen LogP contribution in [0.25, 0.3) is 10.8 Å². The number of ether oxygens (including phenoxy) is 1. The van der Waals surface area contributed by atoms with E-state index in [1.165, 1.54) is 6.07 Å². The maximum atomic E-state index is 14.8. The van der Waals surface area contributed by atoms with Crippen LogP contribution in [0.1, 0.15) is 80.3 Å². The summed E-state index contributed by atoms with van der Waals surface area (Å²) in [6.45, 7) is 6.17. The Labute approximate surface area is 340 Å². The molecule has 8 heteroatoms. The zero-order chi connectivity index (χ0) is 40.5. The van der Waals surface area contributed by atoms with Crippen molar-refractivity contribution in [1.82, 2.24) is 4.90 Å². The van der Waals surface area contributed by atoms with Crippen LogP contribution >= 0.6 is 0 Å². The Bertz CT molecular complexity index is 2270. The van der Waals surface area contributed by atoms with Gasteiger partial charge in [-0.15, -0.1) is 0 Å². The normalized spacial score (nSPS) is 34.1. The van der Waals surface area contributed by atoms with Gasteiger partial charge in [0.05, 0.1) is 31.0 Å². The van der Waals surface area contributed by atoms with Crippen molar-refractivity contribution in [2.75, 3.05) is 19.7 Å². The Morgan fingerprint density at radius 3 is 2.40 bits per heavy atom. The lowest BCUT2D eigenvalue weighted by molar-refractivity contribution is -0.177. The minimum Gasteiger partial charge on any atom is -0.393 e. The van der Waals surface area contributed by atoms with Gasteiger partial charge in [-0.1, -0.05) is 105 Å². The van der Waals surface area contributed by atoms with Gasteiger partial charge >= 0.3 is 0 Å². The lowest BCUT2D eigenvalue weighted by atomic mass is 9.32. The number of carbonyl (C=O) groups is 1. The first-order valence-electron chi connectivity index (χ1n) is 21.1. The van der Waals surface area contributed by atoms with E-state index in [9.17, 15) is 28.9 Å². The molecule has 6 nitrogen and oxygen atoms in total. The van der Waals surface area contributed by atoms with Gasteiger partial charge in [-0.25, -0.2) is 8.78 Å². The van der Waals surface area contributed by atoms with Crippen molar-refractivity contribution in [2.24, 2.45) is 33.5 Å². The van der Waals surface area contributed by atoms with Crippen molar-refractivity contribution in [3.8, 4) is 0 Å². The van der Waals surface area contributed by atoms with Crippen LogP contribution in [0.2, 0.25) is 0 Å². The third kappa shape index (κ3) is 6.16. The molecule has 0 saturated heterocycles. The molecule has 3 saturated carbocycles. The van der Waals surface area contributed by atoms with E-state index in [0.717, 1.165) is 53.3 Å². The van der Waals surface area contributed by atoms with Crippen molar-refractivity contribution >= 4 is 16.6 Å². The van der Waals surface area contributed by atoms with Crippen LogP contribution < -0.4 is 0 Å². The van der Waals surface area contributed by atoms with Gasteiger partial charge in [0.25, 0.3) is 0 Å². The largest absolute Gasteiger partial charge is 0.393 e. The van der Waals surface area contributed by atoms with Gasteiger partial charge in [0.1, 0.15) is 0 Å². The minimum absolute atomic E-state index is 0.0579. The second-order valence-electron chi connectivity index (χ2n) is 18.7. The van der Waals surface area contributed by atoms with Crippen molar-refractivity contribution in [1.29, 1.82) is 0 Å². The summed E-state index contributed by atoms with van der Waals surface area (Å²) in [5, 5.41) is 38.1. The zero-order valence-corrected chi connectivity index (χ0v) is 33.5. The topological polar surface area (TPSA) is 90.2 Å². The molecule has 3 fully saturated rings. The first-order chi connectivity index (χ1) is 27.8. The molecular formula is C50H55F2NO5. The average molecular weight is 788 g/mol. The fourth-order valence-electron chi connectivity index (χ4n) is 12.9. The molecular weight excluding hydrogens is 733 g/mol. The molecule has 0 aromatic heterocycles. The quantitative estimate of drug-likeness (QED) is 0.0982. The number of allylic oxidation sites excluding steroid dienone is 4. The number of fused-ring (bicyclic) bond motifs is 2. The molecule has 58 heavy (non-hydrogen) atoms. The number of hydrogen-bond acceptors (Lipinski definition) is 6. The molecule has 304 valence electrons. The van der Waals surface area contributed by atoms with Crippen molar-refractivity contribution < 1.29 is 33.6 Å². The van der Waals surface area contributed by atoms with Crippen LogP contribution in [0, 0.1) is 45.1 Å². The smallest absolute Gasteiger partial charge is 0.189 e. The number of Topliss-reactive ketones (excluding diaryl/α,β-unsaturated/α-hetero) is 1. The highest BCUT2D eigenvalue weighted by atomic mass is 19.2. The SMILES string of the molecule is C[C@]12CC[C@H]3[C@]4(C=C[C@@]5(C=C4C(=O)c4ccc(F)c(F)c4)CC(O)CC[C@]35C)[C@@H]1CC[C@@]2(O)CN(Cc1cccc2ccccc12)C[C@@H](O)COCc1ccccc1. The molecule has 6 aliphatic carbocycles. The number of aliphatic hydroxyl groups excluding tert-OH is 2. The predicted octanol–water partition coefficient (Wildman–Crippen LogP) is 8.97. The maximum Gasteiger partial charge on any atom is 0.189 e. The van der Waals surface area contributed by atoms with E-state index in [1.807, 2.05) is 42.5 Å². The van der Waals surface area contributed by atoms with Crippen molar-refractivity contribution in [2.45, 2.75) is 89.8 Å². The fraction of sp³-hybridized carbons (Fsp3) is 0.460. The molecule has 6 aliphatic rings. The molecule has 1 unspecified atom stereocenters. The van der Waals surface area contributed by atoms with Crippen LogP contribution in [-0.4, -0.2) is 63.5 Å². The number of ketones is 1. The lowest BCUT2D eigenvalue weighted by Gasteiger charge is -2.71. The minimum atomic E-state index is -1.17. The van der Waals surface area contributed by atoms with Crippen LogP contribution in [0.5, 0.6) is 0 Å². The summed E-state index contributed by atoms with van der Waals surface area (Å²) in [7, 11) is 0. The van der Waals surface area contributed by atoms with E-state index < -0.39 is 45.7 Å². The third-order valence-electron chi connectivity index (χ3n) is 15.8. The van der Waals surface area contributed by atoms with Crippen LogP contribution in [0.15, 0.2) is 115 Å². The van der Waals surface area contributed by atoms with Gasteiger partial charge in [-0.05, 0) is 102 Å². The van der Waals surface area contributed by atoms with E-state index in [4.69, 9.17) is 4.74 Å². The van der Waals surface area contributed by atoms with Gasteiger partial charge in [0.2, 0.25) is 0 Å². The maximum absolute atomic E-state index is 14.8. The summed E-state index contributed by atoms with van der Waals surface area (Å²) in [4.78, 5) is 17.0. The Balaban J connectivity index is 1.07. The number of rotatable bonds is 12. The summed E-state index contributed by atoms with van der Waals surface area (Å²) in [5.41, 5.74) is -0.486.